The molecule has 0 aliphatic carbocycles. The quantitative estimate of drug-likeness (QED) is 0.262. The summed E-state index contributed by atoms with van der Waals surface area (Å²) in [7, 11) is 0. The van der Waals surface area contributed by atoms with Gasteiger partial charge in [0.1, 0.15) is 11.2 Å². The lowest BCUT2D eigenvalue weighted by atomic mass is 9.94. The van der Waals surface area contributed by atoms with Crippen LogP contribution < -0.4 is 0 Å². The standard InChI is InChI=1S/C32H17N3O/c33-18-21-6-5-7-22(19-34)32(21)20-12-14-29-26(16-20)24-8-1-3-10-28(24)35(29)23-13-15-31-27(17-23)25-9-2-4-11-30(25)36-31/h1-17H. The predicted molar refractivity (Wildman–Crippen MR) is 143 cm³/mol. The fourth-order valence-electron chi connectivity index (χ4n) is 5.31. The number of aromatic nitrogens is 1. The smallest absolute Gasteiger partial charge is 0.135 e. The number of fused-ring (bicyclic) bond motifs is 6. The Balaban J connectivity index is 1.53. The summed E-state index contributed by atoms with van der Waals surface area (Å²) in [4.78, 5) is 0. The molecule has 0 atom stereocenters. The molecule has 4 nitrogen and oxygen atoms in total. The Hall–Kier alpha value is -5.32. The molecule has 7 aromatic rings. The van der Waals surface area contributed by atoms with Gasteiger partial charge in [-0.3, -0.25) is 0 Å². The average Bonchev–Trinajstić information content (AvgIpc) is 3.47. The van der Waals surface area contributed by atoms with Crippen LogP contribution in [0.1, 0.15) is 11.1 Å². The highest BCUT2D eigenvalue weighted by Gasteiger charge is 2.17. The fraction of sp³-hybridized carbons (Fsp3) is 0. The van der Waals surface area contributed by atoms with Crippen molar-refractivity contribution < 1.29 is 4.42 Å². The highest BCUT2D eigenvalue weighted by atomic mass is 16.3. The molecule has 0 aliphatic rings. The molecule has 0 aliphatic heterocycles. The molecule has 2 aromatic heterocycles. The van der Waals surface area contributed by atoms with Crippen LogP contribution in [0.25, 0.3) is 60.6 Å². The van der Waals surface area contributed by atoms with Crippen molar-refractivity contribution in [3.8, 4) is 29.0 Å². The summed E-state index contributed by atoms with van der Waals surface area (Å²) in [5.74, 6) is 0. The molecule has 0 bridgehead atoms. The summed E-state index contributed by atoms with van der Waals surface area (Å²) in [6, 6.07) is 38.6. The van der Waals surface area contributed by atoms with Crippen LogP contribution in [0.5, 0.6) is 0 Å². The molecule has 4 heteroatoms. The Bertz CT molecular complexity index is 2050. The number of nitrogens with zero attached hydrogens (tertiary/aromatic N) is 3. The third kappa shape index (κ3) is 2.79. The number of furan rings is 1. The third-order valence-electron chi connectivity index (χ3n) is 6.89. The lowest BCUT2D eigenvalue weighted by Gasteiger charge is -2.10. The van der Waals surface area contributed by atoms with Crippen LogP contribution in [0.4, 0.5) is 0 Å². The number of nitriles is 2. The highest BCUT2D eigenvalue weighted by Crippen LogP contribution is 2.38. The van der Waals surface area contributed by atoms with Crippen molar-refractivity contribution in [1.82, 2.24) is 4.57 Å². The van der Waals surface area contributed by atoms with Gasteiger partial charge in [0.05, 0.1) is 34.3 Å². The maximum Gasteiger partial charge on any atom is 0.135 e. The Morgan fingerprint density at radius 1 is 0.556 bits per heavy atom. The molecule has 0 amide bonds. The first-order valence-electron chi connectivity index (χ1n) is 11.7. The SMILES string of the molecule is N#Cc1cccc(C#N)c1-c1ccc2c(c1)c1ccccc1n2-c1ccc2oc3ccccc3c2c1. The minimum Gasteiger partial charge on any atom is -0.456 e. The minimum atomic E-state index is 0.495. The van der Waals surface area contributed by atoms with E-state index in [-0.39, 0.29) is 0 Å². The highest BCUT2D eigenvalue weighted by molar-refractivity contribution is 6.11. The summed E-state index contributed by atoms with van der Waals surface area (Å²) >= 11 is 0. The van der Waals surface area contributed by atoms with Crippen LogP contribution in [0.2, 0.25) is 0 Å². The Kier molecular flexibility index (Phi) is 4.24. The molecular weight excluding hydrogens is 442 g/mol. The zero-order valence-electron chi connectivity index (χ0n) is 19.1. The van der Waals surface area contributed by atoms with Crippen molar-refractivity contribution >= 4 is 43.7 Å². The maximum atomic E-state index is 9.71. The van der Waals surface area contributed by atoms with Gasteiger partial charge in [0.2, 0.25) is 0 Å². The van der Waals surface area contributed by atoms with Gasteiger partial charge >= 0.3 is 0 Å². The second-order valence-corrected chi connectivity index (χ2v) is 8.81. The number of hydrogen-bond acceptors (Lipinski definition) is 3. The average molecular weight is 460 g/mol. The minimum absolute atomic E-state index is 0.495. The largest absolute Gasteiger partial charge is 0.456 e. The van der Waals surface area contributed by atoms with Crippen molar-refractivity contribution in [2.24, 2.45) is 0 Å². The molecule has 0 saturated carbocycles. The van der Waals surface area contributed by atoms with Crippen LogP contribution in [0.3, 0.4) is 0 Å². The monoisotopic (exact) mass is 459 g/mol. The van der Waals surface area contributed by atoms with Gasteiger partial charge in [-0.15, -0.1) is 0 Å². The first kappa shape index (κ1) is 20.1. The summed E-state index contributed by atoms with van der Waals surface area (Å²) in [5, 5.41) is 23.8. The van der Waals surface area contributed by atoms with Gasteiger partial charge < -0.3 is 8.98 Å². The van der Waals surface area contributed by atoms with Crippen molar-refractivity contribution in [2.45, 2.75) is 0 Å². The molecule has 0 radical (unpaired) electrons. The van der Waals surface area contributed by atoms with Gasteiger partial charge in [-0.1, -0.05) is 48.5 Å². The zero-order valence-corrected chi connectivity index (χ0v) is 19.1. The fourth-order valence-corrected chi connectivity index (χ4v) is 5.31. The molecular formula is C32H17N3O. The van der Waals surface area contributed by atoms with Crippen LogP contribution >= 0.6 is 0 Å². The van der Waals surface area contributed by atoms with E-state index in [1.54, 1.807) is 18.2 Å². The molecule has 166 valence electrons. The van der Waals surface area contributed by atoms with Gasteiger partial charge in [0.25, 0.3) is 0 Å². The van der Waals surface area contributed by atoms with Crippen molar-refractivity contribution in [3.05, 3.63) is 114 Å². The molecule has 5 aromatic carbocycles. The molecule has 7 rings (SSSR count). The van der Waals surface area contributed by atoms with Gasteiger partial charge in [0, 0.05) is 32.8 Å². The van der Waals surface area contributed by atoms with Gasteiger partial charge in [-0.2, -0.15) is 10.5 Å². The van der Waals surface area contributed by atoms with E-state index in [0.29, 0.717) is 16.7 Å². The van der Waals surface area contributed by atoms with Gasteiger partial charge in [0.15, 0.2) is 0 Å². The molecule has 0 saturated heterocycles. The Labute approximate surface area is 206 Å². The van der Waals surface area contributed by atoms with Crippen LogP contribution in [-0.4, -0.2) is 4.57 Å². The number of para-hydroxylation sites is 2. The summed E-state index contributed by atoms with van der Waals surface area (Å²) < 4.78 is 8.31. The maximum absolute atomic E-state index is 9.71. The molecule has 2 heterocycles. The van der Waals surface area contributed by atoms with E-state index in [9.17, 15) is 10.5 Å². The normalized spacial score (nSPS) is 11.3. The van der Waals surface area contributed by atoms with E-state index in [4.69, 9.17) is 4.42 Å². The Morgan fingerprint density at radius 3 is 2.06 bits per heavy atom. The summed E-state index contributed by atoms with van der Waals surface area (Å²) in [5.41, 5.74) is 7.45. The van der Waals surface area contributed by atoms with Gasteiger partial charge in [-0.05, 0) is 60.2 Å². The summed E-state index contributed by atoms with van der Waals surface area (Å²) in [6.45, 7) is 0. The molecule has 0 N–H and O–H groups in total. The molecule has 0 spiro atoms. The van der Waals surface area contributed by atoms with E-state index in [1.165, 1.54) is 0 Å². The molecule has 36 heavy (non-hydrogen) atoms. The number of hydrogen-bond donors (Lipinski definition) is 0. The summed E-state index contributed by atoms with van der Waals surface area (Å²) in [6.07, 6.45) is 0. The van der Waals surface area contributed by atoms with Crippen LogP contribution in [-0.2, 0) is 0 Å². The zero-order chi connectivity index (χ0) is 24.2. The Morgan fingerprint density at radius 2 is 1.25 bits per heavy atom. The van der Waals surface area contributed by atoms with Crippen molar-refractivity contribution in [3.63, 3.8) is 0 Å². The van der Waals surface area contributed by atoms with Crippen molar-refractivity contribution in [1.29, 1.82) is 10.5 Å². The van der Waals surface area contributed by atoms with Crippen LogP contribution in [0.15, 0.2) is 108 Å². The first-order valence-corrected chi connectivity index (χ1v) is 11.7. The van der Waals surface area contributed by atoms with E-state index in [0.717, 1.165) is 55.0 Å². The molecule has 0 fully saturated rings. The second kappa shape index (κ2) is 7.60. The second-order valence-electron chi connectivity index (χ2n) is 8.81. The number of benzene rings is 5. The topological polar surface area (TPSA) is 65.7 Å². The lowest BCUT2D eigenvalue weighted by Crippen LogP contribution is -1.94. The van der Waals surface area contributed by atoms with E-state index >= 15 is 0 Å². The van der Waals surface area contributed by atoms with Crippen LogP contribution in [0, 0.1) is 22.7 Å². The predicted octanol–water partition coefficient (Wildman–Crippen LogP) is 8.09. The van der Waals surface area contributed by atoms with E-state index in [1.807, 2.05) is 42.5 Å². The molecule has 0 unspecified atom stereocenters. The lowest BCUT2D eigenvalue weighted by molar-refractivity contribution is 0.669. The van der Waals surface area contributed by atoms with E-state index < -0.39 is 0 Å². The number of rotatable bonds is 2. The van der Waals surface area contributed by atoms with Crippen molar-refractivity contribution in [2.75, 3.05) is 0 Å². The third-order valence-corrected chi connectivity index (χ3v) is 6.89. The van der Waals surface area contributed by atoms with Gasteiger partial charge in [-0.25, -0.2) is 0 Å². The first-order chi connectivity index (χ1) is 17.8. The van der Waals surface area contributed by atoms with E-state index in [2.05, 4.69) is 59.2 Å².